The fourth-order valence-electron chi connectivity index (χ4n) is 4.75. The molecular formula is C25H27N3O3. The molecule has 160 valence electrons. The van der Waals surface area contributed by atoms with Crippen LogP contribution in [-0.4, -0.2) is 41.0 Å². The molecule has 1 amide bonds. The number of hydrogen-bond donors (Lipinski definition) is 1. The van der Waals surface area contributed by atoms with E-state index >= 15 is 0 Å². The summed E-state index contributed by atoms with van der Waals surface area (Å²) < 4.78 is 11.1. The third-order valence-electron chi connectivity index (χ3n) is 6.37. The fourth-order valence-corrected chi connectivity index (χ4v) is 4.75. The SMILES string of the molecule is COc1cccc(-c2cnc([C@H]3CCCN3C(=O)C[C@H]3CCOc4ccccc43)[nH]2)c1. The van der Waals surface area contributed by atoms with Crippen molar-refractivity contribution in [3.8, 4) is 22.8 Å². The summed E-state index contributed by atoms with van der Waals surface area (Å²) in [5.41, 5.74) is 3.11. The third kappa shape index (κ3) is 3.90. The molecule has 0 bridgehead atoms. The Hall–Kier alpha value is -3.28. The first-order chi connectivity index (χ1) is 15.2. The van der Waals surface area contributed by atoms with Gasteiger partial charge >= 0.3 is 0 Å². The summed E-state index contributed by atoms with van der Waals surface area (Å²) >= 11 is 0. The number of nitrogens with zero attached hydrogens (tertiary/aromatic N) is 2. The Labute approximate surface area is 182 Å². The van der Waals surface area contributed by atoms with Gasteiger partial charge in [0.15, 0.2) is 0 Å². The van der Waals surface area contributed by atoms with Gasteiger partial charge < -0.3 is 19.4 Å². The Morgan fingerprint density at radius 3 is 3.03 bits per heavy atom. The van der Waals surface area contributed by atoms with E-state index in [4.69, 9.17) is 9.47 Å². The van der Waals surface area contributed by atoms with Crippen molar-refractivity contribution < 1.29 is 14.3 Å². The van der Waals surface area contributed by atoms with Crippen molar-refractivity contribution in [2.45, 2.75) is 37.6 Å². The van der Waals surface area contributed by atoms with E-state index in [-0.39, 0.29) is 17.9 Å². The van der Waals surface area contributed by atoms with E-state index in [0.29, 0.717) is 13.0 Å². The summed E-state index contributed by atoms with van der Waals surface area (Å²) in [6.45, 7) is 1.45. The zero-order valence-corrected chi connectivity index (χ0v) is 17.7. The zero-order chi connectivity index (χ0) is 21.2. The van der Waals surface area contributed by atoms with Crippen LogP contribution in [0, 0.1) is 0 Å². The van der Waals surface area contributed by atoms with Gasteiger partial charge in [-0.25, -0.2) is 4.98 Å². The number of likely N-dealkylation sites (tertiary alicyclic amines) is 1. The number of ether oxygens (including phenoxy) is 2. The van der Waals surface area contributed by atoms with Gasteiger partial charge in [-0.05, 0) is 48.9 Å². The molecule has 3 heterocycles. The lowest BCUT2D eigenvalue weighted by Crippen LogP contribution is -2.32. The van der Waals surface area contributed by atoms with Gasteiger partial charge in [0, 0.05) is 18.5 Å². The first-order valence-corrected chi connectivity index (χ1v) is 10.9. The predicted octanol–water partition coefficient (Wildman–Crippen LogP) is 4.71. The monoisotopic (exact) mass is 417 g/mol. The Kier molecular flexibility index (Phi) is 5.37. The average molecular weight is 418 g/mol. The van der Waals surface area contributed by atoms with Crippen LogP contribution in [-0.2, 0) is 4.79 Å². The van der Waals surface area contributed by atoms with Crippen molar-refractivity contribution >= 4 is 5.91 Å². The Morgan fingerprint density at radius 2 is 2.13 bits per heavy atom. The maximum atomic E-state index is 13.3. The summed E-state index contributed by atoms with van der Waals surface area (Å²) in [6.07, 6.45) is 5.17. The van der Waals surface area contributed by atoms with E-state index in [1.807, 2.05) is 53.6 Å². The number of methoxy groups -OCH3 is 1. The van der Waals surface area contributed by atoms with Crippen LogP contribution in [0.4, 0.5) is 0 Å². The summed E-state index contributed by atoms with van der Waals surface area (Å²) in [7, 11) is 1.66. The molecule has 0 unspecified atom stereocenters. The van der Waals surface area contributed by atoms with Crippen LogP contribution < -0.4 is 9.47 Å². The number of aromatic nitrogens is 2. The van der Waals surface area contributed by atoms with Crippen LogP contribution in [0.1, 0.15) is 49.0 Å². The molecule has 5 rings (SSSR count). The van der Waals surface area contributed by atoms with E-state index in [0.717, 1.165) is 60.0 Å². The molecule has 0 aliphatic carbocycles. The van der Waals surface area contributed by atoms with Gasteiger partial charge in [-0.15, -0.1) is 0 Å². The number of benzene rings is 2. The van der Waals surface area contributed by atoms with E-state index < -0.39 is 0 Å². The first kappa shape index (κ1) is 19.7. The highest BCUT2D eigenvalue weighted by atomic mass is 16.5. The molecule has 1 N–H and O–H groups in total. The number of para-hydroxylation sites is 1. The molecule has 0 spiro atoms. The molecule has 1 saturated heterocycles. The molecule has 31 heavy (non-hydrogen) atoms. The number of imidazole rings is 1. The lowest BCUT2D eigenvalue weighted by atomic mass is 9.90. The predicted molar refractivity (Wildman–Crippen MR) is 118 cm³/mol. The van der Waals surface area contributed by atoms with Gasteiger partial charge in [-0.2, -0.15) is 0 Å². The summed E-state index contributed by atoms with van der Waals surface area (Å²) in [6, 6.07) is 16.0. The number of carbonyl (C=O) groups is 1. The van der Waals surface area contributed by atoms with Crippen LogP contribution in [0.15, 0.2) is 54.7 Å². The van der Waals surface area contributed by atoms with Crippen molar-refractivity contribution in [2.24, 2.45) is 0 Å². The van der Waals surface area contributed by atoms with Crippen LogP contribution in [0.2, 0.25) is 0 Å². The van der Waals surface area contributed by atoms with Crippen molar-refractivity contribution in [3.63, 3.8) is 0 Å². The van der Waals surface area contributed by atoms with E-state index in [9.17, 15) is 4.79 Å². The minimum atomic E-state index is 0.00180. The van der Waals surface area contributed by atoms with E-state index in [1.165, 1.54) is 0 Å². The maximum Gasteiger partial charge on any atom is 0.223 e. The normalized spacial score (nSPS) is 20.2. The highest BCUT2D eigenvalue weighted by Gasteiger charge is 2.34. The molecule has 2 aromatic carbocycles. The number of fused-ring (bicyclic) bond motifs is 1. The molecule has 1 aromatic heterocycles. The zero-order valence-electron chi connectivity index (χ0n) is 17.7. The van der Waals surface area contributed by atoms with Crippen molar-refractivity contribution in [1.82, 2.24) is 14.9 Å². The van der Waals surface area contributed by atoms with Gasteiger partial charge in [0.25, 0.3) is 0 Å². The molecular weight excluding hydrogens is 390 g/mol. The summed E-state index contributed by atoms with van der Waals surface area (Å²) in [5, 5.41) is 0. The van der Waals surface area contributed by atoms with Crippen LogP contribution in [0.5, 0.6) is 11.5 Å². The summed E-state index contributed by atoms with van der Waals surface area (Å²) in [4.78, 5) is 23.4. The molecule has 2 aliphatic rings. The molecule has 6 heteroatoms. The topological polar surface area (TPSA) is 67.4 Å². The number of nitrogens with one attached hydrogen (secondary N) is 1. The first-order valence-electron chi connectivity index (χ1n) is 10.9. The lowest BCUT2D eigenvalue weighted by Gasteiger charge is -2.29. The molecule has 2 atom stereocenters. The molecule has 3 aromatic rings. The van der Waals surface area contributed by atoms with Crippen LogP contribution in [0.3, 0.4) is 0 Å². The quantitative estimate of drug-likeness (QED) is 0.653. The third-order valence-corrected chi connectivity index (χ3v) is 6.37. The average Bonchev–Trinajstić information content (AvgIpc) is 3.49. The van der Waals surface area contributed by atoms with Gasteiger partial charge in [-0.1, -0.05) is 30.3 Å². The number of carbonyl (C=O) groups excluding carboxylic acids is 1. The maximum absolute atomic E-state index is 13.3. The minimum Gasteiger partial charge on any atom is -0.497 e. The Balaban J connectivity index is 1.32. The smallest absolute Gasteiger partial charge is 0.223 e. The van der Waals surface area contributed by atoms with E-state index in [1.54, 1.807) is 7.11 Å². The summed E-state index contributed by atoms with van der Waals surface area (Å²) in [5.74, 6) is 2.99. The highest BCUT2D eigenvalue weighted by molar-refractivity contribution is 5.78. The van der Waals surface area contributed by atoms with Crippen molar-refractivity contribution in [2.75, 3.05) is 20.3 Å². The minimum absolute atomic E-state index is 0.00180. The fraction of sp³-hybridized carbons (Fsp3) is 0.360. The standard InChI is InChI=1S/C25H27N3O3/c1-30-19-7-4-6-18(14-19)21-16-26-25(27-21)22-9-5-12-28(22)24(29)15-17-11-13-31-23-10-3-2-8-20(17)23/h2-4,6-8,10,14,16-17,22H,5,9,11-13,15H2,1H3,(H,26,27)/t17-,22-/m1/s1. The van der Waals surface area contributed by atoms with Crippen molar-refractivity contribution in [1.29, 1.82) is 0 Å². The number of hydrogen-bond acceptors (Lipinski definition) is 4. The largest absolute Gasteiger partial charge is 0.497 e. The molecule has 1 fully saturated rings. The molecule has 2 aliphatic heterocycles. The second kappa shape index (κ2) is 8.46. The number of H-pyrrole nitrogens is 1. The molecule has 0 radical (unpaired) electrons. The van der Waals surface area contributed by atoms with Gasteiger partial charge in [-0.3, -0.25) is 4.79 Å². The molecule has 6 nitrogen and oxygen atoms in total. The number of aromatic amines is 1. The molecule has 0 saturated carbocycles. The van der Waals surface area contributed by atoms with Crippen molar-refractivity contribution in [3.05, 3.63) is 66.1 Å². The Bertz CT molecular complexity index is 1080. The van der Waals surface area contributed by atoms with Gasteiger partial charge in [0.05, 0.1) is 31.6 Å². The second-order valence-corrected chi connectivity index (χ2v) is 8.24. The van der Waals surface area contributed by atoms with E-state index in [2.05, 4.69) is 16.0 Å². The van der Waals surface area contributed by atoms with Crippen LogP contribution in [0.25, 0.3) is 11.3 Å². The Morgan fingerprint density at radius 1 is 1.23 bits per heavy atom. The second-order valence-electron chi connectivity index (χ2n) is 8.24. The number of rotatable bonds is 5. The highest BCUT2D eigenvalue weighted by Crippen LogP contribution is 2.38. The van der Waals surface area contributed by atoms with Crippen LogP contribution >= 0.6 is 0 Å². The van der Waals surface area contributed by atoms with Gasteiger partial charge in [0.1, 0.15) is 17.3 Å². The number of amides is 1. The lowest BCUT2D eigenvalue weighted by molar-refractivity contribution is -0.132. The van der Waals surface area contributed by atoms with Gasteiger partial charge in [0.2, 0.25) is 5.91 Å².